The molecular weight excluding hydrogens is 488 g/mol. The Bertz CT molecular complexity index is 1220. The largest absolute Gasteiger partial charge is 0.507 e. The molecule has 1 aromatic carbocycles. The number of carbonyl (C=O) groups excluding carboxylic acids is 5. The van der Waals surface area contributed by atoms with E-state index in [2.05, 4.69) is 0 Å². The number of carbonyl (C=O) groups is 5. The van der Waals surface area contributed by atoms with E-state index >= 15 is 0 Å². The van der Waals surface area contributed by atoms with Crippen LogP contribution in [0.5, 0.6) is 5.75 Å². The Kier molecular flexibility index (Phi) is 6.80. The topological polar surface area (TPSA) is 155 Å². The lowest BCUT2D eigenvalue weighted by atomic mass is 9.52. The lowest BCUT2D eigenvalue weighted by Gasteiger charge is -2.52. The number of aryl methyl sites for hydroxylation is 1. The van der Waals surface area contributed by atoms with Crippen LogP contribution in [-0.2, 0) is 32.0 Å². The molecule has 6 atom stereocenters. The van der Waals surface area contributed by atoms with Gasteiger partial charge in [-0.05, 0) is 68.8 Å². The molecule has 5 rings (SSSR count). The number of aromatic hydroxyl groups is 1. The lowest BCUT2D eigenvalue weighted by Crippen LogP contribution is -2.74. The number of amides is 1. The standard InChI is InChI=1S/C29H36N2O7/c1-31(2)23-18-13-16-12-17-15(9-8-14-6-4-3-5-7-14)10-11-19(32)21(17)24(33)20(16)26(35)29(18,38)27(36)22(25(23)34)28(30)37/h10-11,14,16,18,20,22-23,32,38H,3-9,12-13H2,1-2H3,(H2,30,37)/t16-,18-,20?,22?,23-,29-/m0/s1. The van der Waals surface area contributed by atoms with Gasteiger partial charge in [0.05, 0.1) is 17.5 Å². The Labute approximate surface area is 221 Å². The van der Waals surface area contributed by atoms with Crippen molar-refractivity contribution in [3.05, 3.63) is 28.8 Å². The number of aliphatic hydroxyl groups is 1. The molecule has 1 amide bonds. The third kappa shape index (κ3) is 3.93. The Hall–Kier alpha value is -2.91. The van der Waals surface area contributed by atoms with Crippen molar-refractivity contribution in [3.8, 4) is 5.75 Å². The second-order valence-electron chi connectivity index (χ2n) is 11.9. The van der Waals surface area contributed by atoms with Gasteiger partial charge in [-0.1, -0.05) is 38.2 Å². The molecule has 9 heteroatoms. The summed E-state index contributed by atoms with van der Waals surface area (Å²) < 4.78 is 0. The van der Waals surface area contributed by atoms with Gasteiger partial charge in [-0.2, -0.15) is 0 Å². The highest BCUT2D eigenvalue weighted by Crippen LogP contribution is 2.51. The first kappa shape index (κ1) is 26.7. The van der Waals surface area contributed by atoms with Gasteiger partial charge in [-0.15, -0.1) is 0 Å². The van der Waals surface area contributed by atoms with Gasteiger partial charge < -0.3 is 15.9 Å². The van der Waals surface area contributed by atoms with Crippen LogP contribution in [0.3, 0.4) is 0 Å². The van der Waals surface area contributed by atoms with Crippen molar-refractivity contribution in [2.24, 2.45) is 35.3 Å². The third-order valence-electron chi connectivity index (χ3n) is 9.59. The molecule has 0 saturated heterocycles. The number of ketones is 4. The Morgan fingerprint density at radius 3 is 2.39 bits per heavy atom. The predicted molar refractivity (Wildman–Crippen MR) is 136 cm³/mol. The molecule has 4 aliphatic carbocycles. The van der Waals surface area contributed by atoms with Crippen molar-refractivity contribution >= 4 is 29.0 Å². The average molecular weight is 525 g/mol. The van der Waals surface area contributed by atoms with E-state index in [0.29, 0.717) is 12.3 Å². The summed E-state index contributed by atoms with van der Waals surface area (Å²) in [6.07, 6.45) is 8.25. The summed E-state index contributed by atoms with van der Waals surface area (Å²) in [7, 11) is 3.16. The normalized spacial score (nSPS) is 33.6. The summed E-state index contributed by atoms with van der Waals surface area (Å²) >= 11 is 0. The average Bonchev–Trinajstić information content (AvgIpc) is 2.86. The van der Waals surface area contributed by atoms with Crippen LogP contribution < -0.4 is 5.73 Å². The SMILES string of the molecule is CN(C)[C@@H]1C(=O)C(C(N)=O)C(=O)[C@@]2(O)C(=O)C3C(=O)c4c(O)ccc(CCC5CCCCC5)c4C[C@H]3C[C@@H]12. The number of rotatable bonds is 5. The quantitative estimate of drug-likeness (QED) is 0.488. The van der Waals surface area contributed by atoms with E-state index in [4.69, 9.17) is 5.73 Å². The number of phenolic OH excluding ortho intramolecular Hbond substituents is 1. The maximum Gasteiger partial charge on any atom is 0.235 e. The summed E-state index contributed by atoms with van der Waals surface area (Å²) in [6, 6.07) is 2.24. The second kappa shape index (κ2) is 9.68. The van der Waals surface area contributed by atoms with E-state index in [1.165, 1.54) is 43.1 Å². The Morgan fingerprint density at radius 1 is 1.08 bits per heavy atom. The Morgan fingerprint density at radius 2 is 1.76 bits per heavy atom. The van der Waals surface area contributed by atoms with Gasteiger partial charge in [0, 0.05) is 5.92 Å². The molecule has 0 spiro atoms. The van der Waals surface area contributed by atoms with E-state index in [1.807, 2.05) is 6.07 Å². The van der Waals surface area contributed by atoms with Crippen LogP contribution in [-0.4, -0.2) is 69.9 Å². The second-order valence-corrected chi connectivity index (χ2v) is 11.9. The number of hydrogen-bond acceptors (Lipinski definition) is 8. The van der Waals surface area contributed by atoms with Crippen LogP contribution in [0.4, 0.5) is 0 Å². The first-order valence-corrected chi connectivity index (χ1v) is 13.7. The molecule has 4 aliphatic rings. The van der Waals surface area contributed by atoms with Gasteiger partial charge in [0.2, 0.25) is 5.91 Å². The van der Waals surface area contributed by atoms with Gasteiger partial charge >= 0.3 is 0 Å². The highest BCUT2D eigenvalue weighted by Gasteiger charge is 2.69. The molecule has 0 heterocycles. The predicted octanol–water partition coefficient (Wildman–Crippen LogP) is 1.38. The highest BCUT2D eigenvalue weighted by molar-refractivity contribution is 6.32. The summed E-state index contributed by atoms with van der Waals surface area (Å²) in [5, 5.41) is 22.3. The number of primary amides is 1. The summed E-state index contributed by atoms with van der Waals surface area (Å²) in [6.45, 7) is 0. The minimum absolute atomic E-state index is 0.0710. The number of fused-ring (bicyclic) bond motifs is 3. The molecule has 0 bridgehead atoms. The molecule has 1 aromatic rings. The number of likely N-dealkylation sites (N-methyl/N-ethyl adjacent to an activating group) is 1. The smallest absolute Gasteiger partial charge is 0.235 e. The first-order chi connectivity index (χ1) is 18.0. The number of Topliss-reactive ketones (excluding diaryl/α,β-unsaturated/α-hetero) is 4. The fourth-order valence-electron chi connectivity index (χ4n) is 7.74. The van der Waals surface area contributed by atoms with Crippen molar-refractivity contribution < 1.29 is 34.2 Å². The number of benzene rings is 1. The minimum atomic E-state index is -2.69. The van der Waals surface area contributed by atoms with Crippen molar-refractivity contribution in [3.63, 3.8) is 0 Å². The van der Waals surface area contributed by atoms with Gasteiger partial charge in [0.15, 0.2) is 34.7 Å². The summed E-state index contributed by atoms with van der Waals surface area (Å²) in [4.78, 5) is 67.7. The maximum atomic E-state index is 13.9. The van der Waals surface area contributed by atoms with Gasteiger partial charge in [0.25, 0.3) is 0 Å². The van der Waals surface area contributed by atoms with Gasteiger partial charge in [-0.3, -0.25) is 28.9 Å². The van der Waals surface area contributed by atoms with Crippen LogP contribution in [0.2, 0.25) is 0 Å². The van der Waals surface area contributed by atoms with E-state index in [0.717, 1.165) is 24.0 Å². The maximum absolute atomic E-state index is 13.9. The molecule has 0 aromatic heterocycles. The fraction of sp³-hybridized carbons (Fsp3) is 0.621. The number of phenols is 1. The van der Waals surface area contributed by atoms with E-state index in [1.54, 1.807) is 14.1 Å². The fourth-order valence-corrected chi connectivity index (χ4v) is 7.74. The summed E-state index contributed by atoms with van der Waals surface area (Å²) in [5.74, 6) is -9.39. The molecule has 3 saturated carbocycles. The zero-order chi connectivity index (χ0) is 27.5. The van der Waals surface area contributed by atoms with E-state index in [-0.39, 0.29) is 17.7 Å². The molecule has 3 fully saturated rings. The third-order valence-corrected chi connectivity index (χ3v) is 9.59. The van der Waals surface area contributed by atoms with Crippen molar-refractivity contribution in [2.75, 3.05) is 14.1 Å². The molecule has 9 nitrogen and oxygen atoms in total. The van der Waals surface area contributed by atoms with Gasteiger partial charge in [-0.25, -0.2) is 0 Å². The van der Waals surface area contributed by atoms with Crippen molar-refractivity contribution in [2.45, 2.75) is 69.4 Å². The van der Waals surface area contributed by atoms with Crippen molar-refractivity contribution in [1.29, 1.82) is 0 Å². The van der Waals surface area contributed by atoms with Gasteiger partial charge in [0.1, 0.15) is 5.75 Å². The van der Waals surface area contributed by atoms with Crippen LogP contribution in [0.25, 0.3) is 0 Å². The molecule has 204 valence electrons. The molecule has 0 aliphatic heterocycles. The molecule has 2 unspecified atom stereocenters. The number of hydrogen-bond donors (Lipinski definition) is 3. The first-order valence-electron chi connectivity index (χ1n) is 13.7. The molecule has 4 N–H and O–H groups in total. The van der Waals surface area contributed by atoms with Crippen LogP contribution in [0, 0.1) is 29.6 Å². The zero-order valence-corrected chi connectivity index (χ0v) is 21.9. The lowest BCUT2D eigenvalue weighted by molar-refractivity contribution is -0.181. The Balaban J connectivity index is 1.53. The molecular formula is C29H36N2O7. The number of nitrogens with two attached hydrogens (primary N) is 1. The highest BCUT2D eigenvalue weighted by atomic mass is 16.3. The van der Waals surface area contributed by atoms with E-state index in [9.17, 15) is 34.2 Å². The minimum Gasteiger partial charge on any atom is -0.507 e. The van der Waals surface area contributed by atoms with E-state index < -0.39 is 64.4 Å². The monoisotopic (exact) mass is 524 g/mol. The van der Waals surface area contributed by atoms with Crippen LogP contribution >= 0.6 is 0 Å². The molecule has 0 radical (unpaired) electrons. The zero-order valence-electron chi connectivity index (χ0n) is 21.9. The molecule has 38 heavy (non-hydrogen) atoms. The summed E-state index contributed by atoms with van der Waals surface area (Å²) in [5.41, 5.74) is 4.44. The number of nitrogens with zero attached hydrogens (tertiary/aromatic N) is 1. The van der Waals surface area contributed by atoms with Crippen LogP contribution in [0.15, 0.2) is 12.1 Å². The van der Waals surface area contributed by atoms with Crippen molar-refractivity contribution in [1.82, 2.24) is 4.90 Å². The van der Waals surface area contributed by atoms with Crippen LogP contribution in [0.1, 0.15) is 66.4 Å².